The van der Waals surface area contributed by atoms with Crippen molar-refractivity contribution in [3.05, 3.63) is 49.1 Å². The highest BCUT2D eigenvalue weighted by Gasteiger charge is 2.17. The van der Waals surface area contributed by atoms with Gasteiger partial charge in [-0.25, -0.2) is 0 Å². The largest absolute Gasteiger partial charge is 1.00 e. The quantitative estimate of drug-likeness (QED) is 0.108. The van der Waals surface area contributed by atoms with Gasteiger partial charge in [0.05, 0.1) is 13.2 Å². The number of aliphatic hydroxyl groups excluding tert-OH is 1. The molecule has 0 unspecified atom stereocenters. The van der Waals surface area contributed by atoms with Crippen LogP contribution in [0, 0.1) is 0 Å². The third kappa shape index (κ3) is 23.2. The fourth-order valence-electron chi connectivity index (χ4n) is 5.50. The van der Waals surface area contributed by atoms with Crippen molar-refractivity contribution < 1.29 is 57.7 Å². The smallest absolute Gasteiger partial charge is 0.211 e. The first-order chi connectivity index (χ1) is 20.7. The summed E-state index contributed by atoms with van der Waals surface area (Å²) < 4.78 is 16.0. The maximum absolute atomic E-state index is 10.8. The number of aliphatic hydroxyl groups is 1. The van der Waals surface area contributed by atoms with Gasteiger partial charge in [0.15, 0.2) is 43.1 Å². The number of ether oxygens (including phenoxy) is 2. The maximum Gasteiger partial charge on any atom is 0.211 e. The summed E-state index contributed by atoms with van der Waals surface area (Å²) in [7, 11) is 0. The van der Waals surface area contributed by atoms with E-state index in [0.29, 0.717) is 13.1 Å². The molecule has 2 rings (SSSR count). The van der Waals surface area contributed by atoms with Crippen LogP contribution in [-0.2, 0) is 13.1 Å². The molecule has 0 saturated carbocycles. The Morgan fingerprint density at radius 1 is 0.523 bits per heavy atom. The highest BCUT2D eigenvalue weighted by molar-refractivity contribution is 5.13. The second-order valence-electron chi connectivity index (χ2n) is 12.2. The predicted molar refractivity (Wildman–Crippen MR) is 174 cm³/mol. The minimum atomic E-state index is -0.505. The predicted octanol–water partition coefficient (Wildman–Crippen LogP) is 2.93. The van der Waals surface area contributed by atoms with Crippen molar-refractivity contribution in [1.29, 1.82) is 0 Å². The number of rotatable bonds is 28. The molecule has 7 heteroatoms. The third-order valence-corrected chi connectivity index (χ3v) is 8.04. The van der Waals surface area contributed by atoms with E-state index in [4.69, 9.17) is 9.47 Å². The molecule has 0 fully saturated rings. The minimum absolute atomic E-state index is 0. The van der Waals surface area contributed by atoms with E-state index in [2.05, 4.69) is 13.8 Å². The Morgan fingerprint density at radius 2 is 0.841 bits per heavy atom. The molecule has 0 spiro atoms. The van der Waals surface area contributed by atoms with Crippen molar-refractivity contribution in [3.8, 4) is 11.5 Å². The van der Waals surface area contributed by atoms with Crippen LogP contribution >= 0.6 is 0 Å². The van der Waals surface area contributed by atoms with Crippen molar-refractivity contribution in [2.24, 2.45) is 0 Å². The third-order valence-electron chi connectivity index (χ3n) is 8.04. The Bertz CT molecular complexity index is 831. The summed E-state index contributed by atoms with van der Waals surface area (Å²) in [4.78, 5) is 0. The molecular weight excluding hydrogens is 680 g/mol. The van der Waals surface area contributed by atoms with Crippen molar-refractivity contribution in [2.75, 3.05) is 13.2 Å². The number of hydrogen-bond acceptors (Lipinski definition) is 3. The van der Waals surface area contributed by atoms with Crippen LogP contribution in [0.2, 0.25) is 0 Å². The van der Waals surface area contributed by atoms with Crippen LogP contribution < -0.4 is 52.6 Å². The molecule has 0 atom stereocenters. The molecule has 2 heterocycles. The van der Waals surface area contributed by atoms with Crippen LogP contribution in [0.1, 0.15) is 142 Å². The SMILES string of the molecule is CCCCCCCCCCCCOc1ccc[n+](CC(O)C[n+]2cccc(OCCCCCCCCCCCC)c2)c1.[Br-].[Br-]. The molecule has 2 aromatic rings. The van der Waals surface area contributed by atoms with E-state index in [0.717, 1.165) is 37.6 Å². The van der Waals surface area contributed by atoms with Gasteiger partial charge in [0.1, 0.15) is 0 Å². The standard InChI is InChI=1S/C37H64N2O3.2BrH/c1-3-5-7-9-11-13-15-17-19-21-29-41-36-25-23-27-38(33-36)31-35(40)32-39-28-24-26-37(34-39)42-30-22-20-18-16-14-12-10-8-6-4-2;;/h23-28,33-35,40H,3-22,29-32H2,1-2H3;2*1H/q+2;;/p-2. The number of hydrogen-bond donors (Lipinski definition) is 1. The zero-order valence-corrected chi connectivity index (χ0v) is 31.3. The molecule has 254 valence electrons. The lowest BCUT2D eigenvalue weighted by Crippen LogP contribution is -3.00. The Labute approximate surface area is 291 Å². The average Bonchev–Trinajstić information content (AvgIpc) is 2.99. The zero-order chi connectivity index (χ0) is 29.9. The second kappa shape index (κ2) is 30.5. The fourth-order valence-corrected chi connectivity index (χ4v) is 5.50. The van der Waals surface area contributed by atoms with Crippen molar-refractivity contribution in [1.82, 2.24) is 0 Å². The maximum atomic E-state index is 10.8. The number of nitrogens with zero attached hydrogens (tertiary/aromatic N) is 2. The molecular formula is C37H64Br2N2O3. The lowest BCUT2D eigenvalue weighted by atomic mass is 10.1. The molecule has 5 nitrogen and oxygen atoms in total. The lowest BCUT2D eigenvalue weighted by molar-refractivity contribution is -0.738. The van der Waals surface area contributed by atoms with Gasteiger partial charge in [-0.1, -0.05) is 129 Å². The number of aromatic nitrogens is 2. The van der Waals surface area contributed by atoms with E-state index < -0.39 is 6.10 Å². The van der Waals surface area contributed by atoms with Crippen LogP contribution in [0.3, 0.4) is 0 Å². The molecule has 0 aliphatic heterocycles. The Hall–Kier alpha value is -1.18. The van der Waals surface area contributed by atoms with Crippen molar-refractivity contribution in [3.63, 3.8) is 0 Å². The van der Waals surface area contributed by atoms with Crippen LogP contribution in [0.15, 0.2) is 49.1 Å². The topological polar surface area (TPSA) is 46.5 Å². The first kappa shape index (κ1) is 42.8. The van der Waals surface area contributed by atoms with Gasteiger partial charge in [0.25, 0.3) is 0 Å². The van der Waals surface area contributed by atoms with E-state index >= 15 is 0 Å². The van der Waals surface area contributed by atoms with Gasteiger partial charge in [0.2, 0.25) is 12.4 Å². The van der Waals surface area contributed by atoms with Gasteiger partial charge in [-0.05, 0) is 25.0 Å². The molecule has 0 bridgehead atoms. The number of unbranched alkanes of at least 4 members (excludes halogenated alkanes) is 18. The molecule has 0 aromatic carbocycles. The van der Waals surface area contributed by atoms with E-state index in [-0.39, 0.29) is 34.0 Å². The highest BCUT2D eigenvalue weighted by Crippen LogP contribution is 2.13. The molecule has 0 aliphatic carbocycles. The molecule has 44 heavy (non-hydrogen) atoms. The Morgan fingerprint density at radius 3 is 1.18 bits per heavy atom. The lowest BCUT2D eigenvalue weighted by Gasteiger charge is -2.08. The van der Waals surface area contributed by atoms with Gasteiger partial charge in [-0.2, -0.15) is 9.13 Å². The normalized spacial score (nSPS) is 10.8. The first-order valence-corrected chi connectivity index (χ1v) is 17.6. The summed E-state index contributed by atoms with van der Waals surface area (Å²) in [5.74, 6) is 1.74. The number of pyridine rings is 2. The molecule has 0 aliphatic rings. The number of halogens is 2. The van der Waals surface area contributed by atoms with Crippen molar-refractivity contribution in [2.45, 2.75) is 161 Å². The Balaban J connectivity index is 0.00000924. The molecule has 1 N–H and O–H groups in total. The molecule has 0 radical (unpaired) electrons. The van der Waals surface area contributed by atoms with Gasteiger partial charge in [0, 0.05) is 12.1 Å². The summed E-state index contributed by atoms with van der Waals surface area (Å²) in [6, 6.07) is 8.00. The Kier molecular flexibility index (Phi) is 29.7. The van der Waals surface area contributed by atoms with E-state index in [1.54, 1.807) is 0 Å². The summed E-state index contributed by atoms with van der Waals surface area (Å²) in [6.07, 6.45) is 34.0. The molecule has 2 aromatic heterocycles. The van der Waals surface area contributed by atoms with Crippen molar-refractivity contribution >= 4 is 0 Å². The monoisotopic (exact) mass is 742 g/mol. The van der Waals surface area contributed by atoms with Gasteiger partial charge in [-0.15, -0.1) is 0 Å². The van der Waals surface area contributed by atoms with Crippen LogP contribution in [0.4, 0.5) is 0 Å². The minimum Gasteiger partial charge on any atom is -1.00 e. The van der Waals surface area contributed by atoms with E-state index in [9.17, 15) is 5.11 Å². The molecule has 0 saturated heterocycles. The van der Waals surface area contributed by atoms with E-state index in [1.165, 1.54) is 116 Å². The van der Waals surface area contributed by atoms with Crippen LogP contribution in [-0.4, -0.2) is 24.4 Å². The van der Waals surface area contributed by atoms with Gasteiger partial charge in [-0.3, -0.25) is 0 Å². The first-order valence-electron chi connectivity index (χ1n) is 17.6. The molecule has 0 amide bonds. The second-order valence-corrected chi connectivity index (χ2v) is 12.2. The van der Waals surface area contributed by atoms with Crippen LogP contribution in [0.5, 0.6) is 11.5 Å². The van der Waals surface area contributed by atoms with Crippen LogP contribution in [0.25, 0.3) is 0 Å². The zero-order valence-electron chi connectivity index (χ0n) is 28.1. The summed E-state index contributed by atoms with van der Waals surface area (Å²) in [6.45, 7) is 7.10. The highest BCUT2D eigenvalue weighted by atomic mass is 79.9. The summed E-state index contributed by atoms with van der Waals surface area (Å²) in [5, 5.41) is 10.8. The average molecular weight is 745 g/mol. The van der Waals surface area contributed by atoms with Gasteiger partial charge < -0.3 is 48.5 Å². The fraction of sp³-hybridized carbons (Fsp3) is 0.730. The summed E-state index contributed by atoms with van der Waals surface area (Å²) >= 11 is 0. The van der Waals surface area contributed by atoms with Gasteiger partial charge >= 0.3 is 0 Å². The summed E-state index contributed by atoms with van der Waals surface area (Å²) in [5.41, 5.74) is 0. The van der Waals surface area contributed by atoms with E-state index in [1.807, 2.05) is 58.2 Å².